The van der Waals surface area contributed by atoms with Crippen molar-refractivity contribution in [2.24, 2.45) is 10.9 Å². The fourth-order valence-electron chi connectivity index (χ4n) is 5.72. The minimum atomic E-state index is -0.825. The van der Waals surface area contributed by atoms with Crippen molar-refractivity contribution in [3.8, 4) is 22.7 Å². The highest BCUT2D eigenvalue weighted by molar-refractivity contribution is 7.07. The molecule has 0 saturated heterocycles. The van der Waals surface area contributed by atoms with Crippen LogP contribution in [0.3, 0.4) is 0 Å². The van der Waals surface area contributed by atoms with Crippen LogP contribution in [-0.2, 0) is 14.3 Å². The van der Waals surface area contributed by atoms with Crippen LogP contribution in [0.15, 0.2) is 106 Å². The van der Waals surface area contributed by atoms with Gasteiger partial charge in [0.25, 0.3) is 5.56 Å². The van der Waals surface area contributed by atoms with E-state index in [1.807, 2.05) is 66.9 Å². The van der Waals surface area contributed by atoms with Gasteiger partial charge in [-0.25, -0.2) is 19.3 Å². The summed E-state index contributed by atoms with van der Waals surface area (Å²) in [6.45, 7) is 8.59. The number of benzene rings is 3. The largest absolute Gasteiger partial charge is 0.494 e. The highest BCUT2D eigenvalue weighted by Gasteiger charge is 2.33. The van der Waals surface area contributed by atoms with Crippen LogP contribution in [0.5, 0.6) is 5.75 Å². The Balaban J connectivity index is 1.47. The highest BCUT2D eigenvalue weighted by Crippen LogP contribution is 2.31. The summed E-state index contributed by atoms with van der Waals surface area (Å²) in [6, 6.07) is 23.4. The molecule has 0 saturated carbocycles. The monoisotopic (exact) mass is 690 g/mol. The number of carbonyl (C=O) groups excluding carboxylic acids is 2. The Kier molecular flexibility index (Phi) is 10.2. The number of ether oxygens (including phenoxy) is 3. The lowest BCUT2D eigenvalue weighted by Crippen LogP contribution is -2.40. The van der Waals surface area contributed by atoms with Gasteiger partial charge < -0.3 is 14.2 Å². The molecule has 1 unspecified atom stereocenters. The Labute approximate surface area is 293 Å². The molecule has 0 N–H and O–H groups in total. The number of allylic oxidation sites excluding steroid dienone is 1. The van der Waals surface area contributed by atoms with Crippen molar-refractivity contribution < 1.29 is 23.8 Å². The highest BCUT2D eigenvalue weighted by atomic mass is 32.1. The summed E-state index contributed by atoms with van der Waals surface area (Å²) in [4.78, 5) is 45.0. The predicted molar refractivity (Wildman–Crippen MR) is 192 cm³/mol. The third kappa shape index (κ3) is 7.09. The van der Waals surface area contributed by atoms with Gasteiger partial charge in [0, 0.05) is 17.3 Å². The van der Waals surface area contributed by atoms with Gasteiger partial charge in [-0.3, -0.25) is 9.36 Å². The summed E-state index contributed by atoms with van der Waals surface area (Å²) in [7, 11) is 1.31. The van der Waals surface area contributed by atoms with E-state index in [9.17, 15) is 14.4 Å². The second-order valence-corrected chi connectivity index (χ2v) is 13.2. The molecule has 10 nitrogen and oxygen atoms in total. The van der Waals surface area contributed by atoms with E-state index in [-0.39, 0.29) is 17.7 Å². The number of methoxy groups -OCH3 is 1. The average molecular weight is 691 g/mol. The van der Waals surface area contributed by atoms with E-state index in [0.717, 1.165) is 29.0 Å². The molecule has 256 valence electrons. The van der Waals surface area contributed by atoms with Crippen LogP contribution >= 0.6 is 11.3 Å². The lowest BCUT2D eigenvalue weighted by molar-refractivity contribution is -0.139. The number of carbonyl (C=O) groups is 2. The van der Waals surface area contributed by atoms with Gasteiger partial charge >= 0.3 is 11.9 Å². The zero-order valence-electron chi connectivity index (χ0n) is 28.6. The minimum Gasteiger partial charge on any atom is -0.494 e. The zero-order chi connectivity index (χ0) is 35.4. The lowest BCUT2D eigenvalue weighted by Gasteiger charge is -2.24. The van der Waals surface area contributed by atoms with Gasteiger partial charge in [0.15, 0.2) is 4.80 Å². The van der Waals surface area contributed by atoms with E-state index < -0.39 is 18.0 Å². The molecule has 1 aliphatic rings. The molecule has 50 heavy (non-hydrogen) atoms. The Hall–Kier alpha value is -5.55. The van der Waals surface area contributed by atoms with Crippen LogP contribution in [0.25, 0.3) is 23.0 Å². The Bertz CT molecular complexity index is 2230. The molecule has 0 aliphatic carbocycles. The molecule has 1 atom stereocenters. The Morgan fingerprint density at radius 1 is 0.980 bits per heavy atom. The SMILES string of the molecule is CCOC(=O)C1=C(C)N=c2s/c(=C\c3cn(-c4ccccc4)nc3-c3ccc(OCCC(C)C)cc3)c(=O)n2C1c1ccc(C(=O)OC)cc1. The molecular formula is C39H38N4O6S. The summed E-state index contributed by atoms with van der Waals surface area (Å²) >= 11 is 1.23. The number of aromatic nitrogens is 3. The standard InChI is InChI=1S/C39H38N4O6S/c1-6-48-38(46)33-25(4)40-39-43(35(33)27-12-14-28(15-13-27)37(45)47-5)36(44)32(50-39)22-29-23-42(30-10-8-7-9-11-30)41-34(29)26-16-18-31(19-17-26)49-21-20-24(2)3/h7-19,22-24,35H,6,20-21H2,1-5H3/b32-22-. The number of para-hydroxylation sites is 1. The van der Waals surface area contributed by atoms with Gasteiger partial charge in [-0.1, -0.05) is 55.5 Å². The van der Waals surface area contributed by atoms with Crippen molar-refractivity contribution in [3.63, 3.8) is 0 Å². The van der Waals surface area contributed by atoms with Crippen molar-refractivity contribution in [1.29, 1.82) is 0 Å². The van der Waals surface area contributed by atoms with E-state index in [1.165, 1.54) is 23.0 Å². The van der Waals surface area contributed by atoms with Gasteiger partial charge in [-0.2, -0.15) is 5.10 Å². The van der Waals surface area contributed by atoms with Crippen molar-refractivity contribution in [2.75, 3.05) is 20.3 Å². The normalized spacial score (nSPS) is 14.4. The Morgan fingerprint density at radius 3 is 2.36 bits per heavy atom. The maximum absolute atomic E-state index is 14.4. The average Bonchev–Trinajstić information content (AvgIpc) is 3.68. The van der Waals surface area contributed by atoms with E-state index in [1.54, 1.807) is 42.8 Å². The van der Waals surface area contributed by atoms with Gasteiger partial charge in [-0.15, -0.1) is 0 Å². The van der Waals surface area contributed by atoms with Gasteiger partial charge in [-0.05, 0) is 86.4 Å². The van der Waals surface area contributed by atoms with Gasteiger partial charge in [0.1, 0.15) is 11.4 Å². The number of hydrogen-bond acceptors (Lipinski definition) is 9. The molecule has 0 radical (unpaired) electrons. The number of nitrogens with zero attached hydrogens (tertiary/aromatic N) is 4. The second kappa shape index (κ2) is 14.9. The number of esters is 2. The molecule has 2 aromatic heterocycles. The van der Waals surface area contributed by atoms with E-state index in [4.69, 9.17) is 24.3 Å². The number of rotatable bonds is 11. The molecule has 11 heteroatoms. The smallest absolute Gasteiger partial charge is 0.338 e. The van der Waals surface area contributed by atoms with E-state index in [2.05, 4.69) is 13.8 Å². The molecule has 0 fully saturated rings. The topological polar surface area (TPSA) is 114 Å². The van der Waals surface area contributed by atoms with Crippen LogP contribution in [0.2, 0.25) is 0 Å². The third-order valence-corrected chi connectivity index (χ3v) is 9.29. The second-order valence-electron chi connectivity index (χ2n) is 12.2. The lowest BCUT2D eigenvalue weighted by atomic mass is 9.95. The Morgan fingerprint density at radius 2 is 1.70 bits per heavy atom. The number of hydrogen-bond donors (Lipinski definition) is 0. The zero-order valence-corrected chi connectivity index (χ0v) is 29.4. The fraction of sp³-hybridized carbons (Fsp3) is 0.256. The van der Waals surface area contributed by atoms with Crippen LogP contribution in [0, 0.1) is 5.92 Å². The number of fused-ring (bicyclic) bond motifs is 1. The van der Waals surface area contributed by atoms with Crippen molar-refractivity contribution in [2.45, 2.75) is 40.2 Å². The summed E-state index contributed by atoms with van der Waals surface area (Å²) in [5.74, 6) is 0.276. The summed E-state index contributed by atoms with van der Waals surface area (Å²) in [5.41, 5.74) is 4.50. The summed E-state index contributed by atoms with van der Waals surface area (Å²) in [5, 5.41) is 4.94. The van der Waals surface area contributed by atoms with Crippen LogP contribution in [0.1, 0.15) is 61.6 Å². The first-order chi connectivity index (χ1) is 24.2. The first kappa shape index (κ1) is 34.3. The molecule has 3 aromatic carbocycles. The molecule has 0 spiro atoms. The maximum Gasteiger partial charge on any atom is 0.338 e. The molecule has 0 bridgehead atoms. The molecule has 3 heterocycles. The first-order valence-corrected chi connectivity index (χ1v) is 17.3. The molecule has 5 aromatic rings. The van der Waals surface area contributed by atoms with Crippen LogP contribution in [-0.4, -0.2) is 46.6 Å². The first-order valence-electron chi connectivity index (χ1n) is 16.4. The van der Waals surface area contributed by atoms with Gasteiger partial charge in [0.2, 0.25) is 0 Å². The summed E-state index contributed by atoms with van der Waals surface area (Å²) < 4.78 is 20.0. The van der Waals surface area contributed by atoms with Crippen molar-refractivity contribution >= 4 is 29.4 Å². The number of thiazole rings is 1. The molecule has 1 aliphatic heterocycles. The van der Waals surface area contributed by atoms with Crippen molar-refractivity contribution in [3.05, 3.63) is 133 Å². The summed E-state index contributed by atoms with van der Waals surface area (Å²) in [6.07, 6.45) is 4.68. The maximum atomic E-state index is 14.4. The molecular weight excluding hydrogens is 653 g/mol. The molecule has 6 rings (SSSR count). The predicted octanol–water partition coefficient (Wildman–Crippen LogP) is 5.86. The molecule has 0 amide bonds. The van der Waals surface area contributed by atoms with Crippen molar-refractivity contribution in [1.82, 2.24) is 14.3 Å². The third-order valence-electron chi connectivity index (χ3n) is 8.31. The minimum absolute atomic E-state index is 0.160. The fourth-order valence-corrected chi connectivity index (χ4v) is 6.76. The van der Waals surface area contributed by atoms with E-state index in [0.29, 0.717) is 44.4 Å². The van der Waals surface area contributed by atoms with Crippen LogP contribution < -0.4 is 19.6 Å². The quantitative estimate of drug-likeness (QED) is 0.160. The van der Waals surface area contributed by atoms with Gasteiger partial charge in [0.05, 0.1) is 53.4 Å². The van der Waals surface area contributed by atoms with E-state index >= 15 is 0 Å². The van der Waals surface area contributed by atoms with Crippen LogP contribution in [0.4, 0.5) is 0 Å².